The van der Waals surface area contributed by atoms with Crippen LogP contribution in [0.3, 0.4) is 0 Å². The number of aliphatic hydroxyl groups is 1. The molecule has 3 rings (SSSR count). The largest absolute Gasteiger partial charge is 0.392 e. The Hall–Kier alpha value is -1.28. The molecule has 1 aliphatic carbocycles. The maximum Gasteiger partial charge on any atom is 0.0696 e. The zero-order valence-corrected chi connectivity index (χ0v) is 7.98. The van der Waals surface area contributed by atoms with Crippen molar-refractivity contribution in [2.75, 3.05) is 0 Å². The van der Waals surface area contributed by atoms with Crippen LogP contribution in [0.1, 0.15) is 29.9 Å². The van der Waals surface area contributed by atoms with E-state index < -0.39 is 0 Å². The summed E-state index contributed by atoms with van der Waals surface area (Å²) in [5, 5.41) is 9.02. The van der Waals surface area contributed by atoms with E-state index in [4.69, 9.17) is 5.11 Å². The van der Waals surface area contributed by atoms with Gasteiger partial charge in [0.2, 0.25) is 0 Å². The van der Waals surface area contributed by atoms with Crippen LogP contribution in [0.25, 0.3) is 5.52 Å². The summed E-state index contributed by atoms with van der Waals surface area (Å²) < 4.78 is 2.11. The fourth-order valence-electron chi connectivity index (χ4n) is 1.93. The lowest BCUT2D eigenvalue weighted by molar-refractivity contribution is 0.282. The molecule has 1 fully saturated rings. The number of fused-ring (bicyclic) bond motifs is 1. The number of pyridine rings is 1. The topological polar surface area (TPSA) is 24.6 Å². The van der Waals surface area contributed by atoms with E-state index in [1.54, 1.807) is 0 Å². The number of rotatable bonds is 2. The highest BCUT2D eigenvalue weighted by Crippen LogP contribution is 2.39. The molecular weight excluding hydrogens is 174 g/mol. The smallest absolute Gasteiger partial charge is 0.0696 e. The van der Waals surface area contributed by atoms with Crippen molar-refractivity contribution in [2.24, 2.45) is 0 Å². The minimum absolute atomic E-state index is 0.125. The minimum atomic E-state index is 0.125. The van der Waals surface area contributed by atoms with E-state index in [9.17, 15) is 0 Å². The fraction of sp³-hybridized carbons (Fsp3) is 0.333. The third kappa shape index (κ3) is 1.23. The summed E-state index contributed by atoms with van der Waals surface area (Å²) in [5.41, 5.74) is 3.58. The lowest BCUT2D eigenvalue weighted by Crippen LogP contribution is -1.85. The van der Waals surface area contributed by atoms with Crippen LogP contribution in [0.4, 0.5) is 0 Å². The molecule has 2 heterocycles. The molecule has 72 valence electrons. The Kier molecular flexibility index (Phi) is 1.64. The zero-order chi connectivity index (χ0) is 9.54. The Bertz CT molecular complexity index is 468. The van der Waals surface area contributed by atoms with Crippen molar-refractivity contribution in [2.45, 2.75) is 25.4 Å². The predicted octanol–water partition coefficient (Wildman–Crippen LogP) is 2.31. The fourth-order valence-corrected chi connectivity index (χ4v) is 1.93. The summed E-state index contributed by atoms with van der Waals surface area (Å²) in [4.78, 5) is 0. The van der Waals surface area contributed by atoms with Crippen LogP contribution in [0.15, 0.2) is 30.6 Å². The summed E-state index contributed by atoms with van der Waals surface area (Å²) in [6.45, 7) is 0.125. The first-order valence-electron chi connectivity index (χ1n) is 5.08. The van der Waals surface area contributed by atoms with Gasteiger partial charge in [0.05, 0.1) is 6.61 Å². The molecule has 0 aliphatic heterocycles. The van der Waals surface area contributed by atoms with Gasteiger partial charge in [-0.1, -0.05) is 6.07 Å². The van der Waals surface area contributed by atoms with Crippen LogP contribution in [0, 0.1) is 0 Å². The molecule has 0 unspecified atom stereocenters. The molecule has 0 amide bonds. The molecule has 0 radical (unpaired) electrons. The molecule has 1 saturated carbocycles. The average molecular weight is 187 g/mol. The summed E-state index contributed by atoms with van der Waals surface area (Å²) in [6, 6.07) is 6.36. The normalized spacial score (nSPS) is 16.4. The van der Waals surface area contributed by atoms with Gasteiger partial charge in [-0.05, 0) is 42.0 Å². The lowest BCUT2D eigenvalue weighted by atomic mass is 10.2. The monoisotopic (exact) mass is 187 g/mol. The van der Waals surface area contributed by atoms with E-state index in [1.165, 1.54) is 23.9 Å². The van der Waals surface area contributed by atoms with Gasteiger partial charge in [-0.3, -0.25) is 0 Å². The quantitative estimate of drug-likeness (QED) is 0.766. The molecule has 2 heteroatoms. The van der Waals surface area contributed by atoms with Crippen molar-refractivity contribution in [3.05, 3.63) is 41.7 Å². The Morgan fingerprint density at radius 3 is 2.86 bits per heavy atom. The molecular formula is C12H13NO. The highest BCUT2D eigenvalue weighted by atomic mass is 16.3. The number of aromatic nitrogens is 1. The summed E-state index contributed by atoms with van der Waals surface area (Å²) in [5.74, 6) is 0.791. The third-order valence-corrected chi connectivity index (χ3v) is 2.90. The van der Waals surface area contributed by atoms with Crippen molar-refractivity contribution in [3.63, 3.8) is 0 Å². The summed E-state index contributed by atoms with van der Waals surface area (Å²) >= 11 is 0. The van der Waals surface area contributed by atoms with Gasteiger partial charge in [0.15, 0.2) is 0 Å². The van der Waals surface area contributed by atoms with Crippen LogP contribution in [-0.2, 0) is 6.61 Å². The number of hydrogen-bond donors (Lipinski definition) is 1. The molecule has 0 spiro atoms. The van der Waals surface area contributed by atoms with E-state index in [-0.39, 0.29) is 6.61 Å². The molecule has 0 atom stereocenters. The first kappa shape index (κ1) is 8.06. The van der Waals surface area contributed by atoms with Gasteiger partial charge in [-0.15, -0.1) is 0 Å². The van der Waals surface area contributed by atoms with Crippen LogP contribution >= 0.6 is 0 Å². The first-order chi connectivity index (χ1) is 6.86. The van der Waals surface area contributed by atoms with Crippen molar-refractivity contribution >= 4 is 5.52 Å². The van der Waals surface area contributed by atoms with E-state index in [0.717, 1.165) is 11.5 Å². The second kappa shape index (κ2) is 2.85. The van der Waals surface area contributed by atoms with Crippen molar-refractivity contribution in [1.29, 1.82) is 0 Å². The Morgan fingerprint density at radius 2 is 2.14 bits per heavy atom. The number of hydrogen-bond acceptors (Lipinski definition) is 1. The maximum absolute atomic E-state index is 9.02. The Morgan fingerprint density at radius 1 is 1.29 bits per heavy atom. The van der Waals surface area contributed by atoms with Crippen molar-refractivity contribution < 1.29 is 5.11 Å². The van der Waals surface area contributed by atoms with Crippen LogP contribution in [-0.4, -0.2) is 9.51 Å². The van der Waals surface area contributed by atoms with E-state index in [1.807, 2.05) is 12.3 Å². The van der Waals surface area contributed by atoms with E-state index in [0.29, 0.717) is 0 Å². The highest BCUT2D eigenvalue weighted by molar-refractivity contribution is 5.51. The van der Waals surface area contributed by atoms with Gasteiger partial charge >= 0.3 is 0 Å². The maximum atomic E-state index is 9.02. The second-order valence-electron chi connectivity index (χ2n) is 4.08. The number of nitrogens with zero attached hydrogens (tertiary/aromatic N) is 1. The van der Waals surface area contributed by atoms with Crippen LogP contribution in [0.5, 0.6) is 0 Å². The van der Waals surface area contributed by atoms with Crippen molar-refractivity contribution in [3.8, 4) is 0 Å². The predicted molar refractivity (Wildman–Crippen MR) is 55.3 cm³/mol. The molecule has 0 bridgehead atoms. The van der Waals surface area contributed by atoms with Crippen LogP contribution < -0.4 is 0 Å². The molecule has 2 nitrogen and oxygen atoms in total. The van der Waals surface area contributed by atoms with Gasteiger partial charge in [0.25, 0.3) is 0 Å². The lowest BCUT2D eigenvalue weighted by Gasteiger charge is -1.99. The SMILES string of the molecule is OCc1cc2ccc(C3CC3)cn2c1. The molecule has 14 heavy (non-hydrogen) atoms. The highest BCUT2D eigenvalue weighted by Gasteiger charge is 2.23. The third-order valence-electron chi connectivity index (χ3n) is 2.90. The second-order valence-corrected chi connectivity index (χ2v) is 4.08. The van der Waals surface area contributed by atoms with Gasteiger partial charge in [-0.25, -0.2) is 0 Å². The van der Waals surface area contributed by atoms with Crippen molar-refractivity contribution in [1.82, 2.24) is 4.40 Å². The van der Waals surface area contributed by atoms with Gasteiger partial charge in [0, 0.05) is 17.9 Å². The Labute approximate surface area is 82.8 Å². The summed E-state index contributed by atoms with van der Waals surface area (Å²) in [6.07, 6.45) is 6.85. The number of aliphatic hydroxyl groups excluding tert-OH is 1. The Balaban J connectivity index is 2.12. The first-order valence-corrected chi connectivity index (χ1v) is 5.08. The van der Waals surface area contributed by atoms with E-state index >= 15 is 0 Å². The summed E-state index contributed by atoms with van der Waals surface area (Å²) in [7, 11) is 0. The average Bonchev–Trinajstić information content (AvgIpc) is 2.97. The van der Waals surface area contributed by atoms with Gasteiger partial charge in [-0.2, -0.15) is 0 Å². The zero-order valence-electron chi connectivity index (χ0n) is 7.98. The van der Waals surface area contributed by atoms with Crippen LogP contribution in [0.2, 0.25) is 0 Å². The molecule has 1 aliphatic rings. The van der Waals surface area contributed by atoms with Gasteiger partial charge in [0.1, 0.15) is 0 Å². The molecule has 1 N–H and O–H groups in total. The standard InChI is InChI=1S/C12H13NO/c14-8-9-5-12-4-3-11(10-1-2-10)7-13(12)6-9/h3-7,10,14H,1-2,8H2. The molecule has 0 aromatic carbocycles. The minimum Gasteiger partial charge on any atom is -0.392 e. The van der Waals surface area contributed by atoms with Gasteiger partial charge < -0.3 is 9.51 Å². The molecule has 2 aromatic heterocycles. The molecule has 2 aromatic rings. The molecule has 0 saturated heterocycles. The van der Waals surface area contributed by atoms with E-state index in [2.05, 4.69) is 22.7 Å².